The molecule has 0 aliphatic rings. The van der Waals surface area contributed by atoms with E-state index >= 15 is 0 Å². The van der Waals surface area contributed by atoms with Gasteiger partial charge in [-0.2, -0.15) is 4.39 Å². The highest BCUT2D eigenvalue weighted by Gasteiger charge is 2.11. The van der Waals surface area contributed by atoms with E-state index in [1.54, 1.807) is 18.2 Å². The average molecular weight is 316 g/mol. The van der Waals surface area contributed by atoms with Crippen LogP contribution in [-0.2, 0) is 0 Å². The molecule has 0 aliphatic carbocycles. The molecule has 2 aromatic carbocycles. The van der Waals surface area contributed by atoms with E-state index in [0.29, 0.717) is 22.6 Å². The second kappa shape index (κ2) is 6.00. The summed E-state index contributed by atoms with van der Waals surface area (Å²) < 4.78 is 44.8. The molecule has 23 heavy (non-hydrogen) atoms. The van der Waals surface area contributed by atoms with Crippen LogP contribution in [-0.4, -0.2) is 4.98 Å². The molecule has 0 spiro atoms. The Morgan fingerprint density at radius 1 is 0.870 bits per heavy atom. The molecule has 0 fully saturated rings. The molecule has 0 atom stereocenters. The Balaban J connectivity index is 2.02. The van der Waals surface area contributed by atoms with Crippen LogP contribution in [0.5, 0.6) is 11.5 Å². The first kappa shape index (κ1) is 14.9. The van der Waals surface area contributed by atoms with Gasteiger partial charge in [-0.05, 0) is 36.4 Å². The van der Waals surface area contributed by atoms with Gasteiger partial charge in [-0.3, -0.25) is 0 Å². The molecule has 3 aromatic rings. The predicted octanol–water partition coefficient (Wildman–Crippen LogP) is 4.54. The lowest BCUT2D eigenvalue weighted by Crippen LogP contribution is -1.94. The number of hydrogen-bond donors (Lipinski definition) is 1. The molecule has 0 saturated carbocycles. The Kier molecular flexibility index (Phi) is 3.89. The average Bonchev–Trinajstić information content (AvgIpc) is 2.52. The zero-order valence-electron chi connectivity index (χ0n) is 11.8. The molecule has 1 heterocycles. The van der Waals surface area contributed by atoms with E-state index in [0.717, 1.165) is 12.1 Å². The lowest BCUT2D eigenvalue weighted by Gasteiger charge is -2.12. The van der Waals surface area contributed by atoms with Crippen molar-refractivity contribution in [3.63, 3.8) is 0 Å². The Morgan fingerprint density at radius 3 is 2.39 bits per heavy atom. The molecule has 1 aromatic heterocycles. The third-order valence-electron chi connectivity index (χ3n) is 3.16. The molecule has 0 aliphatic heterocycles. The molecule has 0 bridgehead atoms. The number of hydrogen-bond acceptors (Lipinski definition) is 3. The van der Waals surface area contributed by atoms with Crippen molar-refractivity contribution >= 4 is 5.69 Å². The van der Waals surface area contributed by atoms with Gasteiger partial charge in [0.25, 0.3) is 0 Å². The number of benzene rings is 2. The van der Waals surface area contributed by atoms with Gasteiger partial charge in [0.05, 0.1) is 0 Å². The number of pyridine rings is 1. The predicted molar refractivity (Wildman–Crippen MR) is 80.5 cm³/mol. The number of nitrogens with two attached hydrogens (primary N) is 1. The molecule has 0 amide bonds. The number of nitrogens with zero attached hydrogens (tertiary/aromatic N) is 1. The van der Waals surface area contributed by atoms with E-state index in [-0.39, 0.29) is 5.75 Å². The van der Waals surface area contributed by atoms with Gasteiger partial charge in [-0.25, -0.2) is 13.8 Å². The second-order valence-corrected chi connectivity index (χ2v) is 4.80. The van der Waals surface area contributed by atoms with Crippen molar-refractivity contribution in [3.05, 3.63) is 72.3 Å². The maximum absolute atomic E-state index is 13.3. The standard InChI is InChI=1S/C17H11F3N2O/c18-14-5-3-12(8-15(14)19)23-16-7-11(21)2-4-13(16)10-1-6-17(20)22-9-10/h1-9H,21H2. The van der Waals surface area contributed by atoms with Crippen molar-refractivity contribution in [2.75, 3.05) is 5.73 Å². The summed E-state index contributed by atoms with van der Waals surface area (Å²) in [5.41, 5.74) is 7.37. The second-order valence-electron chi connectivity index (χ2n) is 4.80. The molecule has 3 nitrogen and oxygen atoms in total. The van der Waals surface area contributed by atoms with Gasteiger partial charge in [0, 0.05) is 35.1 Å². The third kappa shape index (κ3) is 3.26. The molecule has 116 valence electrons. The first-order valence-corrected chi connectivity index (χ1v) is 6.67. The monoisotopic (exact) mass is 316 g/mol. The van der Waals surface area contributed by atoms with E-state index < -0.39 is 17.6 Å². The Labute approximate surface area is 130 Å². The number of anilines is 1. The lowest BCUT2D eigenvalue weighted by molar-refractivity contribution is 0.463. The Bertz CT molecular complexity index is 851. The van der Waals surface area contributed by atoms with Crippen molar-refractivity contribution in [3.8, 4) is 22.6 Å². The minimum absolute atomic E-state index is 0.117. The van der Waals surface area contributed by atoms with Gasteiger partial charge >= 0.3 is 0 Å². The van der Waals surface area contributed by atoms with E-state index in [4.69, 9.17) is 10.5 Å². The van der Waals surface area contributed by atoms with Gasteiger partial charge in [0.2, 0.25) is 5.95 Å². The third-order valence-corrected chi connectivity index (χ3v) is 3.16. The minimum Gasteiger partial charge on any atom is -0.457 e. The fourth-order valence-corrected chi connectivity index (χ4v) is 2.06. The van der Waals surface area contributed by atoms with Crippen LogP contribution in [0.3, 0.4) is 0 Å². The molecule has 0 unspecified atom stereocenters. The van der Waals surface area contributed by atoms with Crippen molar-refractivity contribution in [1.82, 2.24) is 4.98 Å². The number of rotatable bonds is 3. The van der Waals surface area contributed by atoms with Crippen LogP contribution in [0.2, 0.25) is 0 Å². The van der Waals surface area contributed by atoms with E-state index in [2.05, 4.69) is 4.98 Å². The normalized spacial score (nSPS) is 10.6. The van der Waals surface area contributed by atoms with E-state index in [1.807, 2.05) is 0 Å². The van der Waals surface area contributed by atoms with Crippen molar-refractivity contribution < 1.29 is 17.9 Å². The summed E-state index contributed by atoms with van der Waals surface area (Å²) in [7, 11) is 0. The van der Waals surface area contributed by atoms with Crippen LogP contribution in [0.1, 0.15) is 0 Å². The highest BCUT2D eigenvalue weighted by atomic mass is 19.2. The summed E-state index contributed by atoms with van der Waals surface area (Å²) in [6.07, 6.45) is 1.35. The van der Waals surface area contributed by atoms with Crippen LogP contribution in [0, 0.1) is 17.6 Å². The highest BCUT2D eigenvalue weighted by molar-refractivity contribution is 5.72. The van der Waals surface area contributed by atoms with Crippen molar-refractivity contribution in [2.24, 2.45) is 0 Å². The number of ether oxygens (including phenoxy) is 1. The van der Waals surface area contributed by atoms with Gasteiger partial charge in [0.1, 0.15) is 11.5 Å². The molecule has 0 radical (unpaired) electrons. The molecule has 6 heteroatoms. The largest absolute Gasteiger partial charge is 0.457 e. The summed E-state index contributed by atoms with van der Waals surface area (Å²) in [6, 6.07) is 10.8. The summed E-state index contributed by atoms with van der Waals surface area (Å²) in [5.74, 6) is -2.15. The first-order valence-electron chi connectivity index (χ1n) is 6.67. The lowest BCUT2D eigenvalue weighted by atomic mass is 10.1. The molecule has 2 N–H and O–H groups in total. The molecular formula is C17H11F3N2O. The quantitative estimate of drug-likeness (QED) is 0.570. The number of halogens is 3. The SMILES string of the molecule is Nc1ccc(-c2ccc(F)nc2)c(Oc2ccc(F)c(F)c2)c1. The van der Waals surface area contributed by atoms with Gasteiger partial charge in [0.15, 0.2) is 11.6 Å². The van der Waals surface area contributed by atoms with Gasteiger partial charge in [-0.15, -0.1) is 0 Å². The van der Waals surface area contributed by atoms with Crippen LogP contribution in [0.15, 0.2) is 54.7 Å². The molecule has 0 saturated heterocycles. The Morgan fingerprint density at radius 2 is 1.70 bits per heavy atom. The van der Waals surface area contributed by atoms with Crippen LogP contribution >= 0.6 is 0 Å². The van der Waals surface area contributed by atoms with Crippen molar-refractivity contribution in [2.45, 2.75) is 0 Å². The molecule has 3 rings (SSSR count). The summed E-state index contributed by atoms with van der Waals surface area (Å²) >= 11 is 0. The zero-order chi connectivity index (χ0) is 16.4. The summed E-state index contributed by atoms with van der Waals surface area (Å²) in [4.78, 5) is 3.59. The topological polar surface area (TPSA) is 48.1 Å². The van der Waals surface area contributed by atoms with E-state index in [9.17, 15) is 13.2 Å². The molecular weight excluding hydrogens is 305 g/mol. The first-order chi connectivity index (χ1) is 11.0. The van der Waals surface area contributed by atoms with Gasteiger partial charge in [-0.1, -0.05) is 0 Å². The number of nitrogen functional groups attached to an aromatic ring is 1. The fraction of sp³-hybridized carbons (Fsp3) is 0. The summed E-state index contributed by atoms with van der Waals surface area (Å²) in [5, 5.41) is 0. The summed E-state index contributed by atoms with van der Waals surface area (Å²) in [6.45, 7) is 0. The van der Waals surface area contributed by atoms with Gasteiger partial charge < -0.3 is 10.5 Å². The maximum atomic E-state index is 13.3. The maximum Gasteiger partial charge on any atom is 0.212 e. The minimum atomic E-state index is -1.02. The van der Waals surface area contributed by atoms with E-state index in [1.165, 1.54) is 24.4 Å². The van der Waals surface area contributed by atoms with Crippen LogP contribution < -0.4 is 10.5 Å². The fourth-order valence-electron chi connectivity index (χ4n) is 2.06. The highest BCUT2D eigenvalue weighted by Crippen LogP contribution is 2.35. The number of aromatic nitrogens is 1. The van der Waals surface area contributed by atoms with Crippen molar-refractivity contribution in [1.29, 1.82) is 0 Å². The van der Waals surface area contributed by atoms with Crippen LogP contribution in [0.25, 0.3) is 11.1 Å². The van der Waals surface area contributed by atoms with Crippen LogP contribution in [0.4, 0.5) is 18.9 Å². The smallest absolute Gasteiger partial charge is 0.212 e. The Hall–Kier alpha value is -3.02. The zero-order valence-corrected chi connectivity index (χ0v) is 11.8.